The first kappa shape index (κ1) is 15.2. The summed E-state index contributed by atoms with van der Waals surface area (Å²) in [6.07, 6.45) is 2.83. The molecule has 0 saturated carbocycles. The van der Waals surface area contributed by atoms with Crippen LogP contribution in [0.4, 0.5) is 0 Å². The third kappa shape index (κ3) is 3.91. The number of aliphatic hydroxyl groups excluding tert-OH is 1. The summed E-state index contributed by atoms with van der Waals surface area (Å²) in [5.74, 6) is 2.71. The number of thioether (sulfide) groups is 1. The molecule has 0 aliphatic heterocycles. The molecule has 5 heteroatoms. The molecule has 0 spiro atoms. The number of nitrogens with one attached hydrogen (secondary N) is 1. The zero-order chi connectivity index (χ0) is 14.4. The van der Waals surface area contributed by atoms with Crippen molar-refractivity contribution in [2.45, 2.75) is 19.0 Å². The van der Waals surface area contributed by atoms with Gasteiger partial charge in [0, 0.05) is 23.8 Å². The van der Waals surface area contributed by atoms with E-state index in [0.717, 1.165) is 34.7 Å². The van der Waals surface area contributed by atoms with Gasteiger partial charge in [-0.2, -0.15) is 11.8 Å². The largest absolute Gasteiger partial charge is 0.497 e. The van der Waals surface area contributed by atoms with Gasteiger partial charge in [-0.15, -0.1) is 0 Å². The molecule has 1 aromatic carbocycles. The highest BCUT2D eigenvalue weighted by Crippen LogP contribution is 2.24. The van der Waals surface area contributed by atoms with E-state index < -0.39 is 0 Å². The first-order valence-electron chi connectivity index (χ1n) is 6.66. The molecule has 1 unspecified atom stereocenters. The van der Waals surface area contributed by atoms with E-state index in [4.69, 9.17) is 14.3 Å². The fraction of sp³-hybridized carbons (Fsp3) is 0.467. The standard InChI is InChI=1S/C15H21NO3S/c1-18-13-3-4-15-11(7-13)8-14(19-15)9-16-12(5-6-17)10-20-2/h3-4,7-8,12,16-17H,5-6,9-10H2,1-2H3. The number of hydrogen-bond acceptors (Lipinski definition) is 5. The lowest BCUT2D eigenvalue weighted by Gasteiger charge is -2.15. The van der Waals surface area contributed by atoms with Crippen molar-refractivity contribution in [3.8, 4) is 5.75 Å². The van der Waals surface area contributed by atoms with E-state index in [9.17, 15) is 0 Å². The molecule has 1 atom stereocenters. The number of furan rings is 1. The fourth-order valence-electron chi connectivity index (χ4n) is 2.14. The van der Waals surface area contributed by atoms with Crippen LogP contribution in [0.1, 0.15) is 12.2 Å². The molecule has 2 N–H and O–H groups in total. The van der Waals surface area contributed by atoms with Gasteiger partial charge in [-0.25, -0.2) is 0 Å². The molecule has 20 heavy (non-hydrogen) atoms. The number of hydrogen-bond donors (Lipinski definition) is 2. The van der Waals surface area contributed by atoms with Crippen LogP contribution in [0.2, 0.25) is 0 Å². The summed E-state index contributed by atoms with van der Waals surface area (Å²) in [6.45, 7) is 0.873. The Balaban J connectivity index is 2.02. The lowest BCUT2D eigenvalue weighted by molar-refractivity contribution is 0.268. The molecular weight excluding hydrogens is 274 g/mol. The van der Waals surface area contributed by atoms with E-state index in [1.54, 1.807) is 18.9 Å². The maximum Gasteiger partial charge on any atom is 0.134 e. The third-order valence-electron chi connectivity index (χ3n) is 3.18. The van der Waals surface area contributed by atoms with E-state index >= 15 is 0 Å². The van der Waals surface area contributed by atoms with Crippen LogP contribution in [-0.2, 0) is 6.54 Å². The number of benzene rings is 1. The smallest absolute Gasteiger partial charge is 0.134 e. The summed E-state index contributed by atoms with van der Waals surface area (Å²) in [7, 11) is 1.66. The molecule has 4 nitrogen and oxygen atoms in total. The van der Waals surface area contributed by atoms with Crippen molar-refractivity contribution in [1.29, 1.82) is 0 Å². The highest BCUT2D eigenvalue weighted by Gasteiger charge is 2.09. The van der Waals surface area contributed by atoms with Gasteiger partial charge in [0.1, 0.15) is 17.1 Å². The van der Waals surface area contributed by atoms with Gasteiger partial charge in [-0.1, -0.05) is 0 Å². The molecule has 1 aromatic heterocycles. The van der Waals surface area contributed by atoms with E-state index in [2.05, 4.69) is 11.6 Å². The van der Waals surface area contributed by atoms with Crippen molar-refractivity contribution >= 4 is 22.7 Å². The Morgan fingerprint density at radius 2 is 2.25 bits per heavy atom. The summed E-state index contributed by atoms with van der Waals surface area (Å²) in [4.78, 5) is 0. The zero-order valence-electron chi connectivity index (χ0n) is 11.9. The van der Waals surface area contributed by atoms with E-state index in [1.165, 1.54) is 0 Å². The Labute approximate surface area is 123 Å². The predicted octanol–water partition coefficient (Wildman–Crippen LogP) is 2.65. The van der Waals surface area contributed by atoms with Gasteiger partial charge in [0.05, 0.1) is 13.7 Å². The van der Waals surface area contributed by atoms with Crippen LogP contribution in [-0.4, -0.2) is 36.9 Å². The van der Waals surface area contributed by atoms with Crippen molar-refractivity contribution in [3.05, 3.63) is 30.0 Å². The van der Waals surface area contributed by atoms with Gasteiger partial charge in [0.15, 0.2) is 0 Å². The van der Waals surface area contributed by atoms with Crippen LogP contribution in [0.15, 0.2) is 28.7 Å². The Bertz CT molecular complexity index is 535. The maximum absolute atomic E-state index is 9.05. The number of aliphatic hydroxyl groups is 1. The van der Waals surface area contributed by atoms with Crippen LogP contribution in [0.5, 0.6) is 5.75 Å². The van der Waals surface area contributed by atoms with Gasteiger partial charge < -0.3 is 19.6 Å². The van der Waals surface area contributed by atoms with Crippen molar-refractivity contribution in [3.63, 3.8) is 0 Å². The van der Waals surface area contributed by atoms with Gasteiger partial charge in [-0.05, 0) is 36.9 Å². The Morgan fingerprint density at radius 1 is 1.40 bits per heavy atom. The second-order valence-electron chi connectivity index (χ2n) is 4.66. The van der Waals surface area contributed by atoms with E-state index in [0.29, 0.717) is 12.6 Å². The average molecular weight is 295 g/mol. The van der Waals surface area contributed by atoms with Crippen LogP contribution < -0.4 is 10.1 Å². The Morgan fingerprint density at radius 3 is 2.95 bits per heavy atom. The molecule has 0 aliphatic rings. The minimum absolute atomic E-state index is 0.204. The molecule has 2 rings (SSSR count). The molecular formula is C15H21NO3S. The first-order chi connectivity index (χ1) is 9.76. The molecule has 0 amide bonds. The van der Waals surface area contributed by atoms with E-state index in [1.807, 2.05) is 24.3 Å². The first-order valence-corrected chi connectivity index (χ1v) is 8.06. The monoisotopic (exact) mass is 295 g/mol. The highest BCUT2D eigenvalue weighted by atomic mass is 32.2. The summed E-state index contributed by atoms with van der Waals surface area (Å²) in [6, 6.07) is 8.11. The molecule has 0 saturated heterocycles. The van der Waals surface area contributed by atoms with Crippen molar-refractivity contribution in [1.82, 2.24) is 5.32 Å². The predicted molar refractivity (Wildman–Crippen MR) is 83.5 cm³/mol. The van der Waals surface area contributed by atoms with Crippen LogP contribution in [0, 0.1) is 0 Å². The highest BCUT2D eigenvalue weighted by molar-refractivity contribution is 7.98. The lowest BCUT2D eigenvalue weighted by Crippen LogP contribution is -2.31. The number of methoxy groups -OCH3 is 1. The average Bonchev–Trinajstić information content (AvgIpc) is 2.87. The summed E-state index contributed by atoms with van der Waals surface area (Å²) < 4.78 is 11.0. The van der Waals surface area contributed by atoms with Crippen molar-refractivity contribution < 1.29 is 14.3 Å². The third-order valence-corrected chi connectivity index (χ3v) is 3.92. The van der Waals surface area contributed by atoms with Gasteiger partial charge in [-0.3, -0.25) is 0 Å². The van der Waals surface area contributed by atoms with Gasteiger partial charge in [0.2, 0.25) is 0 Å². The molecule has 1 heterocycles. The molecule has 0 radical (unpaired) electrons. The van der Waals surface area contributed by atoms with Gasteiger partial charge in [0.25, 0.3) is 0 Å². The lowest BCUT2D eigenvalue weighted by atomic mass is 10.2. The quantitative estimate of drug-likeness (QED) is 0.784. The van der Waals surface area contributed by atoms with Crippen molar-refractivity contribution in [2.24, 2.45) is 0 Å². The van der Waals surface area contributed by atoms with Crippen LogP contribution >= 0.6 is 11.8 Å². The minimum Gasteiger partial charge on any atom is -0.497 e. The van der Waals surface area contributed by atoms with Crippen molar-refractivity contribution in [2.75, 3.05) is 25.7 Å². The zero-order valence-corrected chi connectivity index (χ0v) is 12.7. The summed E-state index contributed by atoms with van der Waals surface area (Å²) in [5.41, 5.74) is 0.867. The molecule has 0 fully saturated rings. The molecule has 110 valence electrons. The van der Waals surface area contributed by atoms with Gasteiger partial charge >= 0.3 is 0 Å². The Kier molecular flexibility index (Phi) is 5.76. The number of rotatable bonds is 8. The topological polar surface area (TPSA) is 54.6 Å². The van der Waals surface area contributed by atoms with Crippen LogP contribution in [0.25, 0.3) is 11.0 Å². The SMILES string of the molecule is COc1ccc2oc(CNC(CCO)CSC)cc2c1. The van der Waals surface area contributed by atoms with Crippen LogP contribution in [0.3, 0.4) is 0 Å². The molecule has 0 aliphatic carbocycles. The Hall–Kier alpha value is -1.17. The summed E-state index contributed by atoms with van der Waals surface area (Å²) >= 11 is 1.77. The normalized spacial score (nSPS) is 12.8. The fourth-order valence-corrected chi connectivity index (χ4v) is 2.82. The molecule has 0 bridgehead atoms. The van der Waals surface area contributed by atoms with E-state index in [-0.39, 0.29) is 6.61 Å². The minimum atomic E-state index is 0.204. The second kappa shape index (κ2) is 7.57. The summed E-state index contributed by atoms with van der Waals surface area (Å²) in [5, 5.41) is 13.5. The molecule has 2 aromatic rings. The second-order valence-corrected chi connectivity index (χ2v) is 5.57. The number of ether oxygens (including phenoxy) is 1. The number of fused-ring (bicyclic) bond motifs is 1. The maximum atomic E-state index is 9.05.